The van der Waals surface area contributed by atoms with E-state index in [0.29, 0.717) is 43.5 Å². The van der Waals surface area contributed by atoms with Gasteiger partial charge in [-0.3, -0.25) is 14.6 Å². The van der Waals surface area contributed by atoms with Crippen LogP contribution in [0, 0.1) is 0 Å². The molecule has 2 atom stereocenters. The van der Waals surface area contributed by atoms with Crippen LogP contribution in [-0.2, 0) is 11.3 Å². The lowest BCUT2D eigenvalue weighted by Gasteiger charge is -2.45. The topological polar surface area (TPSA) is 85.0 Å². The Morgan fingerprint density at radius 2 is 1.69 bits per heavy atom. The first kappa shape index (κ1) is 22.7. The van der Waals surface area contributed by atoms with E-state index in [4.69, 9.17) is 9.72 Å². The Balaban J connectivity index is 1.48. The highest BCUT2D eigenvalue weighted by molar-refractivity contribution is 6.01. The molecule has 0 saturated carbocycles. The van der Waals surface area contributed by atoms with Crippen LogP contribution in [0.25, 0.3) is 0 Å². The summed E-state index contributed by atoms with van der Waals surface area (Å²) in [6, 6.07) is 9.42. The lowest BCUT2D eigenvalue weighted by molar-refractivity contribution is 0.0330. The number of amides is 2. The van der Waals surface area contributed by atoms with Crippen LogP contribution in [0.2, 0.25) is 0 Å². The minimum atomic E-state index is -0.272. The van der Waals surface area contributed by atoms with Gasteiger partial charge in [-0.15, -0.1) is 0 Å². The zero-order valence-electron chi connectivity index (χ0n) is 20.2. The quantitative estimate of drug-likeness (QED) is 0.728. The number of fused-ring (bicyclic) bond motifs is 3. The molecule has 186 valence electrons. The van der Waals surface area contributed by atoms with Gasteiger partial charge in [0.05, 0.1) is 37.1 Å². The number of likely N-dealkylation sites (tertiary alicyclic amines) is 1. The number of carbonyl (C=O) groups is 1. The van der Waals surface area contributed by atoms with Gasteiger partial charge in [-0.05, 0) is 50.9 Å². The zero-order chi connectivity index (χ0) is 23.8. The second kappa shape index (κ2) is 9.72. The Hall–Kier alpha value is -2.75. The molecular weight excluding hydrogens is 444 g/mol. The lowest BCUT2D eigenvalue weighted by Crippen LogP contribution is -2.55. The second-order valence-corrected chi connectivity index (χ2v) is 10.0. The van der Waals surface area contributed by atoms with Gasteiger partial charge in [0.2, 0.25) is 0 Å². The van der Waals surface area contributed by atoms with Crippen molar-refractivity contribution in [3.05, 3.63) is 52.1 Å². The van der Waals surface area contributed by atoms with Gasteiger partial charge >= 0.3 is 6.03 Å². The summed E-state index contributed by atoms with van der Waals surface area (Å²) in [7, 11) is 0. The molecule has 0 radical (unpaired) electrons. The van der Waals surface area contributed by atoms with Crippen LogP contribution in [0.4, 0.5) is 16.3 Å². The molecule has 35 heavy (non-hydrogen) atoms. The number of H-pyrrole nitrogens is 1. The molecule has 0 spiro atoms. The molecule has 0 aliphatic carbocycles. The first-order chi connectivity index (χ1) is 17.2. The zero-order valence-corrected chi connectivity index (χ0v) is 20.2. The van der Waals surface area contributed by atoms with Crippen LogP contribution < -0.4 is 10.5 Å². The Morgan fingerprint density at radius 1 is 0.943 bits per heavy atom. The number of urea groups is 1. The summed E-state index contributed by atoms with van der Waals surface area (Å²) in [5, 5.41) is 0. The average Bonchev–Trinajstić information content (AvgIpc) is 3.32. The highest BCUT2D eigenvalue weighted by Crippen LogP contribution is 2.43. The van der Waals surface area contributed by atoms with Crippen molar-refractivity contribution < 1.29 is 9.53 Å². The van der Waals surface area contributed by atoms with Gasteiger partial charge in [-0.2, -0.15) is 0 Å². The maximum Gasteiger partial charge on any atom is 0.330 e. The maximum absolute atomic E-state index is 14.1. The van der Waals surface area contributed by atoms with Crippen molar-refractivity contribution in [2.45, 2.75) is 50.7 Å². The molecule has 4 aliphatic heterocycles. The maximum atomic E-state index is 14.1. The number of nitrogens with one attached hydrogen (secondary N) is 1. The molecule has 1 aromatic carbocycles. The molecule has 2 aromatic rings. The summed E-state index contributed by atoms with van der Waals surface area (Å²) in [5.41, 5.74) is 1.26. The molecule has 1 aromatic heterocycles. The normalized spacial score (nSPS) is 25.9. The fourth-order valence-electron chi connectivity index (χ4n) is 6.19. The molecule has 0 bridgehead atoms. The minimum Gasteiger partial charge on any atom is -0.379 e. The predicted molar refractivity (Wildman–Crippen MR) is 133 cm³/mol. The number of benzene rings is 1. The van der Waals surface area contributed by atoms with Crippen LogP contribution in [0.5, 0.6) is 0 Å². The number of para-hydroxylation sites is 1. The monoisotopic (exact) mass is 478 g/mol. The number of hydrogen-bond donors (Lipinski definition) is 1. The number of nitrogens with zero attached hydrogens (tertiary/aromatic N) is 5. The number of aromatic amines is 1. The number of ether oxygens (including phenoxy) is 1. The van der Waals surface area contributed by atoms with Crippen molar-refractivity contribution in [2.24, 2.45) is 0 Å². The second-order valence-electron chi connectivity index (χ2n) is 10.0. The van der Waals surface area contributed by atoms with E-state index in [1.807, 2.05) is 35.2 Å². The molecule has 5 heterocycles. The van der Waals surface area contributed by atoms with Crippen molar-refractivity contribution in [3.8, 4) is 0 Å². The van der Waals surface area contributed by atoms with Crippen LogP contribution in [0.15, 0.2) is 35.1 Å². The van der Waals surface area contributed by atoms with E-state index in [9.17, 15) is 9.59 Å². The van der Waals surface area contributed by atoms with E-state index in [1.165, 1.54) is 12.8 Å². The summed E-state index contributed by atoms with van der Waals surface area (Å²) in [6.45, 7) is 6.21. The first-order valence-electron chi connectivity index (χ1n) is 13.0. The van der Waals surface area contributed by atoms with Gasteiger partial charge in [-0.25, -0.2) is 14.7 Å². The van der Waals surface area contributed by atoms with E-state index in [0.717, 1.165) is 51.1 Å². The fourth-order valence-corrected chi connectivity index (χ4v) is 6.19. The number of rotatable bonds is 4. The van der Waals surface area contributed by atoms with Gasteiger partial charge in [0.1, 0.15) is 5.82 Å². The summed E-state index contributed by atoms with van der Waals surface area (Å²) < 4.78 is 5.48. The molecule has 6 rings (SSSR count). The van der Waals surface area contributed by atoms with Gasteiger partial charge in [-0.1, -0.05) is 24.6 Å². The Labute approximate surface area is 205 Å². The summed E-state index contributed by atoms with van der Waals surface area (Å²) in [5.74, 6) is 1.10. The van der Waals surface area contributed by atoms with Crippen molar-refractivity contribution in [1.82, 2.24) is 24.7 Å². The Morgan fingerprint density at radius 3 is 2.46 bits per heavy atom. The molecule has 2 amide bonds. The van der Waals surface area contributed by atoms with E-state index in [1.54, 1.807) is 4.90 Å². The van der Waals surface area contributed by atoms with Crippen molar-refractivity contribution in [1.29, 1.82) is 0 Å². The third-order valence-corrected chi connectivity index (χ3v) is 7.88. The SMILES string of the molecule is O=C1N(c2ccccc2)c2nc(CN3CCOCC3)[nH]c(=O)c2C2C(N3CCCC3)CCCCN12. The molecule has 4 aliphatic rings. The van der Waals surface area contributed by atoms with Crippen molar-refractivity contribution >= 4 is 17.5 Å². The van der Waals surface area contributed by atoms with Gasteiger partial charge < -0.3 is 14.6 Å². The smallest absolute Gasteiger partial charge is 0.330 e. The first-order valence-corrected chi connectivity index (χ1v) is 13.0. The molecule has 3 saturated heterocycles. The number of aromatic nitrogens is 2. The van der Waals surface area contributed by atoms with E-state index in [2.05, 4.69) is 14.8 Å². The third-order valence-electron chi connectivity index (χ3n) is 7.88. The van der Waals surface area contributed by atoms with E-state index < -0.39 is 0 Å². The molecule has 3 fully saturated rings. The number of hydrogen-bond acceptors (Lipinski definition) is 6. The number of anilines is 2. The van der Waals surface area contributed by atoms with Gasteiger partial charge in [0.15, 0.2) is 5.82 Å². The Bertz CT molecular complexity index is 1110. The van der Waals surface area contributed by atoms with E-state index in [-0.39, 0.29) is 23.7 Å². The van der Waals surface area contributed by atoms with Crippen LogP contribution in [0.3, 0.4) is 0 Å². The molecule has 9 nitrogen and oxygen atoms in total. The third kappa shape index (κ3) is 4.26. The summed E-state index contributed by atoms with van der Waals surface area (Å²) in [6.07, 6.45) is 5.35. The summed E-state index contributed by atoms with van der Waals surface area (Å²) in [4.78, 5) is 44.3. The van der Waals surface area contributed by atoms with Crippen LogP contribution in [0.1, 0.15) is 49.5 Å². The highest BCUT2D eigenvalue weighted by Gasteiger charge is 2.47. The Kier molecular flexibility index (Phi) is 6.30. The predicted octanol–water partition coefficient (Wildman–Crippen LogP) is 2.87. The highest BCUT2D eigenvalue weighted by atomic mass is 16.5. The average molecular weight is 479 g/mol. The molecular formula is C26H34N6O3. The largest absolute Gasteiger partial charge is 0.379 e. The minimum absolute atomic E-state index is 0.0739. The van der Waals surface area contributed by atoms with Crippen LogP contribution >= 0.6 is 0 Å². The fraction of sp³-hybridized carbons (Fsp3) is 0.577. The summed E-state index contributed by atoms with van der Waals surface area (Å²) >= 11 is 0. The van der Waals surface area contributed by atoms with Gasteiger partial charge in [0.25, 0.3) is 5.56 Å². The molecule has 2 unspecified atom stereocenters. The molecule has 1 N–H and O–H groups in total. The standard InChI is InChI=1S/C26H34N6O3/c33-25-22-23-20(30-11-6-7-12-30)10-4-5-13-31(23)26(34)32(19-8-2-1-3-9-19)24(22)27-21(28-25)18-29-14-16-35-17-15-29/h1-3,8-9,20,23H,4-7,10-18H2,(H,27,28,33). The van der Waals surface area contributed by atoms with Crippen LogP contribution in [-0.4, -0.2) is 82.7 Å². The van der Waals surface area contributed by atoms with Gasteiger partial charge in [0, 0.05) is 25.7 Å². The van der Waals surface area contributed by atoms with E-state index >= 15 is 0 Å². The number of morpholine rings is 1. The van der Waals surface area contributed by atoms with Crippen molar-refractivity contribution in [3.63, 3.8) is 0 Å². The van der Waals surface area contributed by atoms with Crippen molar-refractivity contribution in [2.75, 3.05) is 50.8 Å². The lowest BCUT2D eigenvalue weighted by atomic mass is 9.93. The molecule has 9 heteroatoms. The number of carbonyl (C=O) groups excluding carboxylic acids is 1.